The molecule has 0 spiro atoms. The van der Waals surface area contributed by atoms with Gasteiger partial charge in [-0.2, -0.15) is 0 Å². The summed E-state index contributed by atoms with van der Waals surface area (Å²) in [5, 5.41) is 9.51. The maximum absolute atomic E-state index is 13.2. The maximum atomic E-state index is 13.2. The Hall–Kier alpha value is -1.87. The summed E-state index contributed by atoms with van der Waals surface area (Å²) in [6.45, 7) is 3.94. The third kappa shape index (κ3) is 3.55. The summed E-state index contributed by atoms with van der Waals surface area (Å²) < 4.78 is 18.8. The van der Waals surface area contributed by atoms with Gasteiger partial charge >= 0.3 is 0 Å². The zero-order valence-electron chi connectivity index (χ0n) is 11.1. The summed E-state index contributed by atoms with van der Waals surface area (Å²) in [4.78, 5) is 0. The lowest BCUT2D eigenvalue weighted by molar-refractivity contribution is 0.198. The van der Waals surface area contributed by atoms with E-state index >= 15 is 0 Å². The number of aliphatic hydroxyl groups is 1. The van der Waals surface area contributed by atoms with Gasteiger partial charge in [-0.1, -0.05) is 18.2 Å². The van der Waals surface area contributed by atoms with Crippen LogP contribution in [0.5, 0.6) is 5.75 Å². The van der Waals surface area contributed by atoms with Gasteiger partial charge in [0.05, 0.1) is 6.10 Å². The standard InChI is InChI=1S/C16H17FO2/c1-11-6-7-15(17)8-14(11)10-19-16-5-3-4-13(9-16)12(2)18/h3-9,12,18H,10H2,1-2H3/t12-/m0/s1. The minimum absolute atomic E-state index is 0.262. The van der Waals surface area contributed by atoms with E-state index in [1.54, 1.807) is 19.1 Å². The molecule has 2 aromatic carbocycles. The van der Waals surface area contributed by atoms with Gasteiger partial charge in [0, 0.05) is 0 Å². The summed E-state index contributed by atoms with van der Waals surface area (Å²) in [5.74, 6) is 0.406. The van der Waals surface area contributed by atoms with Crippen molar-refractivity contribution in [1.82, 2.24) is 0 Å². The van der Waals surface area contributed by atoms with Gasteiger partial charge in [-0.05, 0) is 54.8 Å². The normalized spacial score (nSPS) is 12.2. The Morgan fingerprint density at radius 3 is 2.74 bits per heavy atom. The molecule has 0 saturated carbocycles. The highest BCUT2D eigenvalue weighted by atomic mass is 19.1. The third-order valence-electron chi connectivity index (χ3n) is 3.05. The fraction of sp³-hybridized carbons (Fsp3) is 0.250. The molecule has 0 fully saturated rings. The van der Waals surface area contributed by atoms with Crippen LogP contribution in [0.15, 0.2) is 42.5 Å². The molecule has 19 heavy (non-hydrogen) atoms. The van der Waals surface area contributed by atoms with E-state index in [9.17, 15) is 9.50 Å². The molecule has 2 rings (SSSR count). The van der Waals surface area contributed by atoms with Crippen LogP contribution in [0.3, 0.4) is 0 Å². The topological polar surface area (TPSA) is 29.5 Å². The lowest BCUT2D eigenvalue weighted by Gasteiger charge is -2.11. The van der Waals surface area contributed by atoms with Crippen LogP contribution in [0.2, 0.25) is 0 Å². The zero-order valence-corrected chi connectivity index (χ0v) is 11.1. The molecule has 1 N–H and O–H groups in total. The van der Waals surface area contributed by atoms with Gasteiger partial charge in [0.1, 0.15) is 18.2 Å². The lowest BCUT2D eigenvalue weighted by Crippen LogP contribution is -1.99. The van der Waals surface area contributed by atoms with E-state index in [-0.39, 0.29) is 5.82 Å². The predicted octanol–water partition coefficient (Wildman–Crippen LogP) is 3.77. The minimum Gasteiger partial charge on any atom is -0.489 e. The van der Waals surface area contributed by atoms with Crippen molar-refractivity contribution < 1.29 is 14.2 Å². The van der Waals surface area contributed by atoms with Crippen LogP contribution in [0.25, 0.3) is 0 Å². The summed E-state index contributed by atoms with van der Waals surface area (Å²) in [7, 11) is 0. The first-order chi connectivity index (χ1) is 9.06. The number of rotatable bonds is 4. The zero-order chi connectivity index (χ0) is 13.8. The first kappa shape index (κ1) is 13.6. The van der Waals surface area contributed by atoms with Crippen molar-refractivity contribution in [3.63, 3.8) is 0 Å². The molecule has 0 aromatic heterocycles. The Kier molecular flexibility index (Phi) is 4.17. The van der Waals surface area contributed by atoms with Crippen molar-refractivity contribution in [3.8, 4) is 5.75 Å². The predicted molar refractivity (Wildman–Crippen MR) is 72.5 cm³/mol. The Morgan fingerprint density at radius 2 is 2.00 bits per heavy atom. The number of ether oxygens (including phenoxy) is 1. The molecule has 0 bridgehead atoms. The van der Waals surface area contributed by atoms with Crippen molar-refractivity contribution in [2.24, 2.45) is 0 Å². The van der Waals surface area contributed by atoms with Crippen LogP contribution < -0.4 is 4.74 Å². The molecule has 0 saturated heterocycles. The molecule has 100 valence electrons. The number of hydrogen-bond acceptors (Lipinski definition) is 2. The monoisotopic (exact) mass is 260 g/mol. The highest BCUT2D eigenvalue weighted by Crippen LogP contribution is 2.20. The second kappa shape index (κ2) is 5.85. The molecule has 0 radical (unpaired) electrons. The van der Waals surface area contributed by atoms with Crippen LogP contribution in [0.1, 0.15) is 29.7 Å². The van der Waals surface area contributed by atoms with Crippen LogP contribution >= 0.6 is 0 Å². The van der Waals surface area contributed by atoms with Crippen molar-refractivity contribution in [1.29, 1.82) is 0 Å². The van der Waals surface area contributed by atoms with E-state index in [4.69, 9.17) is 4.74 Å². The van der Waals surface area contributed by atoms with Gasteiger partial charge in [0.15, 0.2) is 0 Å². The average molecular weight is 260 g/mol. The number of aliphatic hydroxyl groups excluding tert-OH is 1. The number of aryl methyl sites for hydroxylation is 1. The van der Waals surface area contributed by atoms with Crippen molar-refractivity contribution in [3.05, 3.63) is 65.0 Å². The van der Waals surface area contributed by atoms with E-state index < -0.39 is 6.10 Å². The van der Waals surface area contributed by atoms with E-state index in [1.807, 2.05) is 25.1 Å². The molecule has 0 aliphatic heterocycles. The Balaban J connectivity index is 2.10. The highest BCUT2D eigenvalue weighted by molar-refractivity contribution is 5.31. The van der Waals surface area contributed by atoms with Crippen LogP contribution in [-0.4, -0.2) is 5.11 Å². The molecular formula is C16H17FO2. The molecule has 3 heteroatoms. The van der Waals surface area contributed by atoms with Crippen LogP contribution in [-0.2, 0) is 6.61 Å². The van der Waals surface area contributed by atoms with Crippen molar-refractivity contribution in [2.75, 3.05) is 0 Å². The van der Waals surface area contributed by atoms with Gasteiger partial charge in [0.25, 0.3) is 0 Å². The Labute approximate surface area is 112 Å². The largest absolute Gasteiger partial charge is 0.489 e. The third-order valence-corrected chi connectivity index (χ3v) is 3.05. The van der Waals surface area contributed by atoms with Crippen LogP contribution in [0.4, 0.5) is 4.39 Å². The minimum atomic E-state index is -0.528. The first-order valence-corrected chi connectivity index (χ1v) is 6.22. The molecule has 1 atom stereocenters. The fourth-order valence-corrected chi connectivity index (χ4v) is 1.82. The number of halogens is 1. The number of benzene rings is 2. The number of hydrogen-bond donors (Lipinski definition) is 1. The maximum Gasteiger partial charge on any atom is 0.123 e. The average Bonchev–Trinajstić information content (AvgIpc) is 2.40. The highest BCUT2D eigenvalue weighted by Gasteiger charge is 2.04. The van der Waals surface area contributed by atoms with E-state index in [1.165, 1.54) is 12.1 Å². The molecule has 0 aliphatic rings. The van der Waals surface area contributed by atoms with Gasteiger partial charge in [-0.25, -0.2) is 4.39 Å². The Bertz CT molecular complexity index is 564. The Morgan fingerprint density at radius 1 is 1.21 bits per heavy atom. The lowest BCUT2D eigenvalue weighted by atomic mass is 10.1. The molecular weight excluding hydrogens is 243 g/mol. The van der Waals surface area contributed by atoms with E-state index in [0.29, 0.717) is 12.4 Å². The summed E-state index contributed by atoms with van der Waals surface area (Å²) in [6, 6.07) is 11.9. The van der Waals surface area contributed by atoms with Gasteiger partial charge < -0.3 is 9.84 Å². The van der Waals surface area contributed by atoms with Crippen molar-refractivity contribution >= 4 is 0 Å². The van der Waals surface area contributed by atoms with Gasteiger partial charge in [-0.15, -0.1) is 0 Å². The van der Waals surface area contributed by atoms with Gasteiger partial charge in [-0.3, -0.25) is 0 Å². The smallest absolute Gasteiger partial charge is 0.123 e. The SMILES string of the molecule is Cc1ccc(F)cc1COc1cccc([C@H](C)O)c1. The second-order valence-corrected chi connectivity index (χ2v) is 4.61. The summed E-state index contributed by atoms with van der Waals surface area (Å²) in [5.41, 5.74) is 2.61. The first-order valence-electron chi connectivity index (χ1n) is 6.22. The summed E-state index contributed by atoms with van der Waals surface area (Å²) >= 11 is 0. The summed E-state index contributed by atoms with van der Waals surface area (Å²) in [6.07, 6.45) is -0.528. The van der Waals surface area contributed by atoms with E-state index in [2.05, 4.69) is 0 Å². The van der Waals surface area contributed by atoms with Gasteiger partial charge in [0.2, 0.25) is 0 Å². The molecule has 0 amide bonds. The molecule has 0 heterocycles. The fourth-order valence-electron chi connectivity index (χ4n) is 1.82. The quantitative estimate of drug-likeness (QED) is 0.906. The molecule has 2 aromatic rings. The molecule has 0 unspecified atom stereocenters. The molecule has 0 aliphatic carbocycles. The van der Waals surface area contributed by atoms with Crippen LogP contribution in [0, 0.1) is 12.7 Å². The van der Waals surface area contributed by atoms with E-state index in [0.717, 1.165) is 16.7 Å². The second-order valence-electron chi connectivity index (χ2n) is 4.61. The molecule has 2 nitrogen and oxygen atoms in total. The van der Waals surface area contributed by atoms with Crippen molar-refractivity contribution in [2.45, 2.75) is 26.6 Å².